The number of aromatic nitrogens is 4. The second-order valence-corrected chi connectivity index (χ2v) is 6.72. The number of hydrogen-bond acceptors (Lipinski definition) is 6. The van der Waals surface area contributed by atoms with Gasteiger partial charge in [0.05, 0.1) is 17.5 Å². The van der Waals surface area contributed by atoms with Gasteiger partial charge in [-0.1, -0.05) is 30.0 Å². The normalized spacial score (nSPS) is 11.8. The van der Waals surface area contributed by atoms with Crippen molar-refractivity contribution in [3.05, 3.63) is 54.6 Å². The van der Waals surface area contributed by atoms with Crippen molar-refractivity contribution >= 4 is 23.4 Å². The second kappa shape index (κ2) is 8.48. The fraction of sp³-hybridized carbons (Fsp3) is 0.222. The standard InChI is InChI=1S/C18H19N5O2S/c1-3-25-16-11-9-14(10-12-16)19-17(24)13(2)26-18-20-21-22-23(18)15-7-5-4-6-8-15/h4-13H,3H2,1-2H3,(H,19,24). The van der Waals surface area contributed by atoms with E-state index in [0.717, 1.165) is 11.4 Å². The number of tetrazole rings is 1. The molecular formula is C18H19N5O2S. The number of anilines is 1. The molecule has 0 aliphatic heterocycles. The number of thioether (sulfide) groups is 1. The predicted octanol–water partition coefficient (Wildman–Crippen LogP) is 3.18. The lowest BCUT2D eigenvalue weighted by Gasteiger charge is -2.12. The maximum atomic E-state index is 12.5. The SMILES string of the molecule is CCOc1ccc(NC(=O)C(C)Sc2nnnn2-c2ccccc2)cc1. The van der Waals surface area contributed by atoms with E-state index in [2.05, 4.69) is 20.8 Å². The van der Waals surface area contributed by atoms with Gasteiger partial charge in [0, 0.05) is 5.69 Å². The molecule has 7 nitrogen and oxygen atoms in total. The van der Waals surface area contributed by atoms with Crippen molar-refractivity contribution in [2.75, 3.05) is 11.9 Å². The van der Waals surface area contributed by atoms with Crippen LogP contribution >= 0.6 is 11.8 Å². The van der Waals surface area contributed by atoms with Gasteiger partial charge in [0.25, 0.3) is 0 Å². The maximum Gasteiger partial charge on any atom is 0.237 e. The number of carbonyl (C=O) groups excluding carboxylic acids is 1. The Morgan fingerprint density at radius 2 is 1.92 bits per heavy atom. The topological polar surface area (TPSA) is 81.9 Å². The van der Waals surface area contributed by atoms with Crippen molar-refractivity contribution < 1.29 is 9.53 Å². The van der Waals surface area contributed by atoms with Gasteiger partial charge in [0.2, 0.25) is 11.1 Å². The first kappa shape index (κ1) is 17.9. The average molecular weight is 369 g/mol. The maximum absolute atomic E-state index is 12.5. The molecule has 2 aromatic carbocycles. The molecule has 0 aliphatic carbocycles. The van der Waals surface area contributed by atoms with Gasteiger partial charge >= 0.3 is 0 Å². The number of para-hydroxylation sites is 1. The molecule has 0 saturated heterocycles. The van der Waals surface area contributed by atoms with Gasteiger partial charge in [-0.05, 0) is 60.7 Å². The van der Waals surface area contributed by atoms with Crippen molar-refractivity contribution in [3.63, 3.8) is 0 Å². The summed E-state index contributed by atoms with van der Waals surface area (Å²) in [6, 6.07) is 16.8. The van der Waals surface area contributed by atoms with Crippen molar-refractivity contribution in [3.8, 4) is 11.4 Å². The van der Waals surface area contributed by atoms with E-state index in [1.54, 1.807) is 4.68 Å². The van der Waals surface area contributed by atoms with Crippen LogP contribution in [0.2, 0.25) is 0 Å². The fourth-order valence-corrected chi connectivity index (χ4v) is 3.05. The monoisotopic (exact) mass is 369 g/mol. The van der Waals surface area contributed by atoms with Crippen LogP contribution < -0.4 is 10.1 Å². The number of hydrogen-bond donors (Lipinski definition) is 1. The number of amides is 1. The van der Waals surface area contributed by atoms with Crippen LogP contribution in [-0.4, -0.2) is 38.0 Å². The average Bonchev–Trinajstić information content (AvgIpc) is 3.12. The van der Waals surface area contributed by atoms with E-state index in [1.807, 2.05) is 68.4 Å². The van der Waals surface area contributed by atoms with Crippen molar-refractivity contribution in [2.45, 2.75) is 24.3 Å². The first-order valence-corrected chi connectivity index (χ1v) is 9.09. The Labute approximate surface area is 155 Å². The molecule has 0 radical (unpaired) electrons. The zero-order valence-electron chi connectivity index (χ0n) is 14.5. The van der Waals surface area contributed by atoms with Gasteiger partial charge in [-0.25, -0.2) is 0 Å². The van der Waals surface area contributed by atoms with Gasteiger partial charge in [-0.15, -0.1) is 5.10 Å². The smallest absolute Gasteiger partial charge is 0.237 e. The van der Waals surface area contributed by atoms with Crippen LogP contribution in [0.5, 0.6) is 5.75 Å². The summed E-state index contributed by atoms with van der Waals surface area (Å²) >= 11 is 1.30. The first-order chi connectivity index (χ1) is 12.7. The van der Waals surface area contributed by atoms with Gasteiger partial charge in [-0.3, -0.25) is 4.79 Å². The number of rotatable bonds is 7. The summed E-state index contributed by atoms with van der Waals surface area (Å²) < 4.78 is 7.01. The number of nitrogens with one attached hydrogen (secondary N) is 1. The molecule has 1 unspecified atom stereocenters. The van der Waals surface area contributed by atoms with Crippen LogP contribution in [0.15, 0.2) is 59.8 Å². The molecule has 1 N–H and O–H groups in total. The largest absolute Gasteiger partial charge is 0.494 e. The van der Waals surface area contributed by atoms with E-state index >= 15 is 0 Å². The molecule has 1 amide bonds. The van der Waals surface area contributed by atoms with Crippen LogP contribution in [-0.2, 0) is 4.79 Å². The second-order valence-electron chi connectivity index (χ2n) is 5.42. The lowest BCUT2D eigenvalue weighted by atomic mass is 10.3. The molecule has 0 spiro atoms. The number of nitrogens with zero attached hydrogens (tertiary/aromatic N) is 4. The minimum Gasteiger partial charge on any atom is -0.494 e. The minimum absolute atomic E-state index is 0.123. The van der Waals surface area contributed by atoms with E-state index in [4.69, 9.17) is 4.74 Å². The first-order valence-electron chi connectivity index (χ1n) is 8.21. The number of benzene rings is 2. The Balaban J connectivity index is 1.64. The molecule has 1 aromatic heterocycles. The van der Waals surface area contributed by atoms with Gasteiger partial charge < -0.3 is 10.1 Å². The molecule has 1 heterocycles. The lowest BCUT2D eigenvalue weighted by Crippen LogP contribution is -2.22. The number of ether oxygens (including phenoxy) is 1. The molecule has 0 saturated carbocycles. The third-order valence-electron chi connectivity index (χ3n) is 3.53. The number of carbonyl (C=O) groups is 1. The molecule has 1 atom stereocenters. The third-order valence-corrected chi connectivity index (χ3v) is 4.56. The summed E-state index contributed by atoms with van der Waals surface area (Å²) in [5.74, 6) is 0.650. The molecule has 0 fully saturated rings. The summed E-state index contributed by atoms with van der Waals surface area (Å²) in [7, 11) is 0. The lowest BCUT2D eigenvalue weighted by molar-refractivity contribution is -0.115. The van der Waals surface area contributed by atoms with Crippen molar-refractivity contribution in [1.29, 1.82) is 0 Å². The summed E-state index contributed by atoms with van der Waals surface area (Å²) in [6.45, 7) is 4.35. The van der Waals surface area contributed by atoms with Crippen molar-refractivity contribution in [2.24, 2.45) is 0 Å². The highest BCUT2D eigenvalue weighted by molar-refractivity contribution is 8.00. The molecule has 0 aliphatic rings. The van der Waals surface area contributed by atoms with E-state index in [9.17, 15) is 4.79 Å². The molecule has 3 rings (SSSR count). The predicted molar refractivity (Wildman–Crippen MR) is 101 cm³/mol. The van der Waals surface area contributed by atoms with E-state index in [0.29, 0.717) is 17.5 Å². The molecule has 0 bridgehead atoms. The van der Waals surface area contributed by atoms with Crippen LogP contribution in [0.4, 0.5) is 5.69 Å². The molecule has 26 heavy (non-hydrogen) atoms. The third kappa shape index (κ3) is 4.40. The van der Waals surface area contributed by atoms with Gasteiger partial charge in [-0.2, -0.15) is 4.68 Å². The Kier molecular flexibility index (Phi) is 5.85. The summed E-state index contributed by atoms with van der Waals surface area (Å²) in [5.41, 5.74) is 1.56. The van der Waals surface area contributed by atoms with E-state index < -0.39 is 0 Å². The Bertz CT molecular complexity index is 852. The van der Waals surface area contributed by atoms with Crippen LogP contribution in [0.25, 0.3) is 5.69 Å². The Morgan fingerprint density at radius 1 is 1.19 bits per heavy atom. The quantitative estimate of drug-likeness (QED) is 0.644. The fourth-order valence-electron chi connectivity index (χ4n) is 2.24. The zero-order chi connectivity index (χ0) is 18.4. The molecule has 134 valence electrons. The van der Waals surface area contributed by atoms with Crippen molar-refractivity contribution in [1.82, 2.24) is 20.2 Å². The summed E-state index contributed by atoms with van der Waals surface area (Å²) in [4.78, 5) is 12.5. The zero-order valence-corrected chi connectivity index (χ0v) is 15.3. The highest BCUT2D eigenvalue weighted by Gasteiger charge is 2.19. The molecule has 3 aromatic rings. The van der Waals surface area contributed by atoms with Crippen LogP contribution in [0, 0.1) is 0 Å². The van der Waals surface area contributed by atoms with E-state index in [1.165, 1.54) is 11.8 Å². The highest BCUT2D eigenvalue weighted by atomic mass is 32.2. The Morgan fingerprint density at radius 3 is 2.62 bits per heavy atom. The van der Waals surface area contributed by atoms with Crippen LogP contribution in [0.1, 0.15) is 13.8 Å². The summed E-state index contributed by atoms with van der Waals surface area (Å²) in [6.07, 6.45) is 0. The molecule has 8 heteroatoms. The van der Waals surface area contributed by atoms with Crippen LogP contribution in [0.3, 0.4) is 0 Å². The van der Waals surface area contributed by atoms with E-state index in [-0.39, 0.29) is 11.2 Å². The van der Waals surface area contributed by atoms with Gasteiger partial charge in [0.15, 0.2) is 0 Å². The Hall–Kier alpha value is -2.87. The minimum atomic E-state index is -0.366. The molecular weight excluding hydrogens is 350 g/mol. The summed E-state index contributed by atoms with van der Waals surface area (Å²) in [5, 5.41) is 14.8. The van der Waals surface area contributed by atoms with Gasteiger partial charge in [0.1, 0.15) is 5.75 Å². The highest BCUT2D eigenvalue weighted by Crippen LogP contribution is 2.24.